The van der Waals surface area contributed by atoms with E-state index < -0.39 is 10.9 Å². The number of carboxylic acid groups (broad SMARTS) is 1. The summed E-state index contributed by atoms with van der Waals surface area (Å²) in [5, 5.41) is 23.2. The lowest BCUT2D eigenvalue weighted by Gasteiger charge is -2.45. The minimum Gasteiger partial charge on any atom is -0.477 e. The van der Waals surface area contributed by atoms with Crippen LogP contribution in [0.2, 0.25) is 0 Å². The largest absolute Gasteiger partial charge is 0.477 e. The number of piperidine rings is 3. The molecule has 112 valence electrons. The number of pyridine rings is 1. The second-order valence-corrected chi connectivity index (χ2v) is 5.52. The Kier molecular flexibility index (Phi) is 3.46. The number of carboxylic acids is 1. The molecule has 1 aromatic rings. The van der Waals surface area contributed by atoms with Crippen molar-refractivity contribution in [3.05, 3.63) is 27.9 Å². The summed E-state index contributed by atoms with van der Waals surface area (Å²) in [6.07, 6.45) is 2.12. The predicted octanol–water partition coefficient (Wildman–Crippen LogP) is 1.19. The van der Waals surface area contributed by atoms with Crippen molar-refractivity contribution in [2.45, 2.75) is 18.9 Å². The number of anilines is 1. The fourth-order valence-corrected chi connectivity index (χ4v) is 3.13. The Balaban J connectivity index is 1.87. The van der Waals surface area contributed by atoms with Crippen LogP contribution in [0.5, 0.6) is 0 Å². The zero-order chi connectivity index (χ0) is 15.0. The predicted molar refractivity (Wildman–Crippen MR) is 74.4 cm³/mol. The van der Waals surface area contributed by atoms with Crippen LogP contribution >= 0.6 is 0 Å². The fraction of sp³-hybridized carbons (Fsp3) is 0.538. The van der Waals surface area contributed by atoms with E-state index in [1.165, 1.54) is 6.07 Å². The van der Waals surface area contributed by atoms with Gasteiger partial charge in [0.2, 0.25) is 5.82 Å². The molecule has 4 rings (SSSR count). The minimum atomic E-state index is -1.19. The highest BCUT2D eigenvalue weighted by Crippen LogP contribution is 2.31. The van der Waals surface area contributed by atoms with Crippen LogP contribution < -0.4 is 5.32 Å². The topological polar surface area (TPSA) is 109 Å². The molecule has 0 aromatic carbocycles. The van der Waals surface area contributed by atoms with Crippen molar-refractivity contribution in [1.29, 1.82) is 0 Å². The van der Waals surface area contributed by atoms with Crippen LogP contribution in [0.4, 0.5) is 11.5 Å². The van der Waals surface area contributed by atoms with Gasteiger partial charge in [0.05, 0.1) is 4.92 Å². The molecule has 1 unspecified atom stereocenters. The smallest absolute Gasteiger partial charge is 0.354 e. The van der Waals surface area contributed by atoms with E-state index in [0.29, 0.717) is 5.92 Å². The molecule has 1 atom stereocenters. The second-order valence-electron chi connectivity index (χ2n) is 5.52. The molecule has 8 nitrogen and oxygen atoms in total. The molecule has 0 saturated carbocycles. The van der Waals surface area contributed by atoms with Crippen molar-refractivity contribution >= 4 is 17.5 Å². The summed E-state index contributed by atoms with van der Waals surface area (Å²) in [7, 11) is 0. The van der Waals surface area contributed by atoms with Crippen LogP contribution in [-0.4, -0.2) is 51.6 Å². The number of aromatic nitrogens is 1. The average molecular weight is 292 g/mol. The standard InChI is InChI=1S/C13H16N4O4/c18-13(19)9-1-2-11(17(20)21)12(14-9)15-10-7-16-5-3-8(10)4-6-16/h1-2,8,10H,3-7H2,(H,14,15)(H,18,19). The third-order valence-electron chi connectivity index (χ3n) is 4.27. The Morgan fingerprint density at radius 3 is 2.67 bits per heavy atom. The van der Waals surface area contributed by atoms with Gasteiger partial charge in [-0.15, -0.1) is 0 Å². The number of nitro groups is 1. The third-order valence-corrected chi connectivity index (χ3v) is 4.27. The van der Waals surface area contributed by atoms with Gasteiger partial charge < -0.3 is 15.3 Å². The van der Waals surface area contributed by atoms with Crippen LogP contribution in [0.25, 0.3) is 0 Å². The number of nitrogens with one attached hydrogen (secondary N) is 1. The number of aromatic carboxylic acids is 1. The molecule has 0 amide bonds. The number of hydrogen-bond donors (Lipinski definition) is 2. The molecule has 3 aliphatic rings. The Bertz CT molecular complexity index is 584. The molecule has 2 bridgehead atoms. The van der Waals surface area contributed by atoms with E-state index in [1.54, 1.807) is 0 Å². The molecule has 1 aromatic heterocycles. The van der Waals surface area contributed by atoms with Gasteiger partial charge in [-0.25, -0.2) is 9.78 Å². The van der Waals surface area contributed by atoms with E-state index in [0.717, 1.165) is 38.5 Å². The summed E-state index contributed by atoms with van der Waals surface area (Å²) in [5.41, 5.74) is -0.374. The Morgan fingerprint density at radius 2 is 2.14 bits per heavy atom. The van der Waals surface area contributed by atoms with E-state index in [4.69, 9.17) is 5.11 Å². The van der Waals surface area contributed by atoms with Gasteiger partial charge in [-0.3, -0.25) is 10.1 Å². The van der Waals surface area contributed by atoms with Gasteiger partial charge in [0.1, 0.15) is 0 Å². The van der Waals surface area contributed by atoms with Gasteiger partial charge in [-0.05, 0) is 37.9 Å². The van der Waals surface area contributed by atoms with Crippen LogP contribution in [0.1, 0.15) is 23.3 Å². The highest BCUT2D eigenvalue weighted by molar-refractivity contribution is 5.86. The van der Waals surface area contributed by atoms with Crippen LogP contribution in [0.15, 0.2) is 12.1 Å². The summed E-state index contributed by atoms with van der Waals surface area (Å²) in [5.74, 6) is -0.676. The van der Waals surface area contributed by atoms with Crippen molar-refractivity contribution in [3.8, 4) is 0 Å². The first-order valence-electron chi connectivity index (χ1n) is 6.92. The molecular formula is C13H16N4O4. The van der Waals surface area contributed by atoms with Gasteiger partial charge in [0, 0.05) is 18.7 Å². The summed E-state index contributed by atoms with van der Waals surface area (Å²) in [6, 6.07) is 2.44. The van der Waals surface area contributed by atoms with Crippen molar-refractivity contribution in [3.63, 3.8) is 0 Å². The normalized spacial score (nSPS) is 27.3. The van der Waals surface area contributed by atoms with Gasteiger partial charge in [-0.2, -0.15) is 0 Å². The van der Waals surface area contributed by atoms with E-state index in [-0.39, 0.29) is 23.2 Å². The van der Waals surface area contributed by atoms with Crippen molar-refractivity contribution in [2.24, 2.45) is 5.92 Å². The summed E-state index contributed by atoms with van der Waals surface area (Å²) < 4.78 is 0. The molecule has 8 heteroatoms. The zero-order valence-corrected chi connectivity index (χ0v) is 11.4. The number of nitrogens with zero attached hydrogens (tertiary/aromatic N) is 3. The molecule has 4 heterocycles. The maximum absolute atomic E-state index is 11.1. The van der Waals surface area contributed by atoms with Crippen molar-refractivity contribution in [1.82, 2.24) is 9.88 Å². The first-order chi connectivity index (χ1) is 10.0. The fourth-order valence-electron chi connectivity index (χ4n) is 3.13. The van der Waals surface area contributed by atoms with Crippen molar-refractivity contribution in [2.75, 3.05) is 25.0 Å². The molecule has 3 aliphatic heterocycles. The van der Waals surface area contributed by atoms with E-state index in [2.05, 4.69) is 15.2 Å². The maximum atomic E-state index is 11.1. The molecule has 21 heavy (non-hydrogen) atoms. The van der Waals surface area contributed by atoms with E-state index in [1.807, 2.05) is 0 Å². The van der Waals surface area contributed by atoms with Gasteiger partial charge >= 0.3 is 11.7 Å². The zero-order valence-electron chi connectivity index (χ0n) is 11.4. The lowest BCUT2D eigenvalue weighted by Crippen LogP contribution is -2.53. The Labute approximate surface area is 120 Å². The lowest BCUT2D eigenvalue weighted by atomic mass is 9.84. The van der Waals surface area contributed by atoms with E-state index >= 15 is 0 Å². The van der Waals surface area contributed by atoms with Crippen LogP contribution in [-0.2, 0) is 0 Å². The summed E-state index contributed by atoms with van der Waals surface area (Å²) in [6.45, 7) is 2.95. The number of carbonyl (C=O) groups is 1. The maximum Gasteiger partial charge on any atom is 0.354 e. The first-order valence-corrected chi connectivity index (χ1v) is 6.92. The first kappa shape index (κ1) is 13.7. The monoisotopic (exact) mass is 292 g/mol. The summed E-state index contributed by atoms with van der Waals surface area (Å²) >= 11 is 0. The molecular weight excluding hydrogens is 276 g/mol. The third kappa shape index (κ3) is 2.66. The Hall–Kier alpha value is -2.22. The van der Waals surface area contributed by atoms with Gasteiger partial charge in [-0.1, -0.05) is 0 Å². The average Bonchev–Trinajstić information content (AvgIpc) is 2.48. The van der Waals surface area contributed by atoms with Crippen molar-refractivity contribution < 1.29 is 14.8 Å². The number of hydrogen-bond acceptors (Lipinski definition) is 6. The van der Waals surface area contributed by atoms with Gasteiger partial charge in [0.15, 0.2) is 5.69 Å². The number of fused-ring (bicyclic) bond motifs is 3. The molecule has 0 radical (unpaired) electrons. The SMILES string of the molecule is O=C(O)c1ccc([N+](=O)[O-])c(NC2CN3CCC2CC3)n1. The molecule has 2 N–H and O–H groups in total. The Morgan fingerprint density at radius 1 is 1.43 bits per heavy atom. The quantitative estimate of drug-likeness (QED) is 0.633. The van der Waals surface area contributed by atoms with Gasteiger partial charge in [0.25, 0.3) is 0 Å². The van der Waals surface area contributed by atoms with Crippen LogP contribution in [0.3, 0.4) is 0 Å². The molecule has 3 saturated heterocycles. The van der Waals surface area contributed by atoms with Crippen LogP contribution in [0, 0.1) is 16.0 Å². The highest BCUT2D eigenvalue weighted by atomic mass is 16.6. The molecule has 0 aliphatic carbocycles. The molecule has 0 spiro atoms. The minimum absolute atomic E-state index is 0.0543. The lowest BCUT2D eigenvalue weighted by molar-refractivity contribution is -0.384. The highest BCUT2D eigenvalue weighted by Gasteiger charge is 2.35. The van der Waals surface area contributed by atoms with E-state index in [9.17, 15) is 14.9 Å². The molecule has 3 fully saturated rings. The second kappa shape index (κ2) is 5.28. The number of rotatable bonds is 4. The summed E-state index contributed by atoms with van der Waals surface area (Å²) in [4.78, 5) is 27.7.